The van der Waals surface area contributed by atoms with Gasteiger partial charge in [-0.2, -0.15) is 0 Å². The number of pyridine rings is 1. The molecule has 6 heteroatoms. The molecule has 1 aliphatic heterocycles. The lowest BCUT2D eigenvalue weighted by atomic mass is 10.1. The minimum Gasteiger partial charge on any atom is -0.494 e. The van der Waals surface area contributed by atoms with Crippen molar-refractivity contribution in [1.82, 2.24) is 15.2 Å². The van der Waals surface area contributed by atoms with Gasteiger partial charge in [0.05, 0.1) is 13.2 Å². The molecule has 0 spiro atoms. The molecular formula is C20H25N5O. The zero-order chi connectivity index (χ0) is 18.2. The summed E-state index contributed by atoms with van der Waals surface area (Å²) in [6.07, 6.45) is 6.60. The number of hydrogen-bond donors (Lipinski definition) is 2. The molecule has 0 radical (unpaired) electrons. The highest BCUT2D eigenvalue weighted by molar-refractivity contribution is 5.91. The zero-order valence-electron chi connectivity index (χ0n) is 15.1. The smallest absolute Gasteiger partial charge is 0.198 e. The quantitative estimate of drug-likeness (QED) is 0.748. The van der Waals surface area contributed by atoms with Gasteiger partial charge in [-0.05, 0) is 48.9 Å². The number of aromatic nitrogens is 1. The van der Waals surface area contributed by atoms with E-state index in [1.165, 1.54) is 0 Å². The Morgan fingerprint density at radius 2 is 2.12 bits per heavy atom. The average molecular weight is 351 g/mol. The number of nitrogens with one attached hydrogen (secondary N) is 1. The third-order valence-corrected chi connectivity index (χ3v) is 4.10. The van der Waals surface area contributed by atoms with Crippen molar-refractivity contribution in [3.63, 3.8) is 0 Å². The molecule has 0 unspecified atom stereocenters. The lowest BCUT2D eigenvalue weighted by Gasteiger charge is -2.27. The second kappa shape index (κ2) is 9.01. The molecule has 0 amide bonds. The summed E-state index contributed by atoms with van der Waals surface area (Å²) in [6, 6.07) is 12.0. The highest BCUT2D eigenvalue weighted by Gasteiger charge is 2.14. The van der Waals surface area contributed by atoms with E-state index in [4.69, 9.17) is 15.5 Å². The highest BCUT2D eigenvalue weighted by Crippen LogP contribution is 2.16. The van der Waals surface area contributed by atoms with Crippen molar-refractivity contribution in [2.75, 3.05) is 26.7 Å². The van der Waals surface area contributed by atoms with Crippen LogP contribution in [0.5, 0.6) is 5.75 Å². The van der Waals surface area contributed by atoms with Gasteiger partial charge in [-0.1, -0.05) is 12.1 Å². The van der Waals surface area contributed by atoms with Gasteiger partial charge in [-0.15, -0.1) is 0 Å². The zero-order valence-corrected chi connectivity index (χ0v) is 15.1. The topological polar surface area (TPSA) is 75.8 Å². The van der Waals surface area contributed by atoms with Crippen LogP contribution in [-0.4, -0.2) is 42.6 Å². The summed E-state index contributed by atoms with van der Waals surface area (Å²) in [6.45, 7) is 2.67. The predicted octanol–water partition coefficient (Wildman–Crippen LogP) is 2.24. The highest BCUT2D eigenvalue weighted by atomic mass is 16.5. The first-order valence-electron chi connectivity index (χ1n) is 8.81. The lowest BCUT2D eigenvalue weighted by Crippen LogP contribution is -2.41. The maximum atomic E-state index is 5.71. The fourth-order valence-electron chi connectivity index (χ4n) is 2.64. The lowest BCUT2D eigenvalue weighted by molar-refractivity contribution is 0.313. The molecule has 3 rings (SSSR count). The molecule has 0 atom stereocenters. The molecule has 0 bridgehead atoms. The normalized spacial score (nSPS) is 15.5. The number of rotatable bonds is 7. The van der Waals surface area contributed by atoms with Gasteiger partial charge in [0.1, 0.15) is 5.75 Å². The van der Waals surface area contributed by atoms with Crippen LogP contribution < -0.4 is 15.8 Å². The number of hydrogen-bond acceptors (Lipinski definition) is 4. The standard InChI is InChI=1S/C20H25N5O/c1-25-12-8-19(17-6-10-22-11-7-17)24-20(25)23-15-16-4-2-5-18(14-16)26-13-3-9-21/h2,4-8,10-11,14H,3,9,12-13,15,21H2,1H3,(H,23,24). The van der Waals surface area contributed by atoms with Crippen molar-refractivity contribution in [2.24, 2.45) is 10.7 Å². The van der Waals surface area contributed by atoms with E-state index in [0.717, 1.165) is 41.5 Å². The van der Waals surface area contributed by atoms with Crippen LogP contribution in [0.3, 0.4) is 0 Å². The molecule has 1 aromatic heterocycles. The van der Waals surface area contributed by atoms with Crippen LogP contribution in [0, 0.1) is 0 Å². The molecular weight excluding hydrogens is 326 g/mol. The third kappa shape index (κ3) is 4.83. The molecule has 2 aromatic rings. The predicted molar refractivity (Wildman–Crippen MR) is 105 cm³/mol. The van der Waals surface area contributed by atoms with Crippen LogP contribution in [0.2, 0.25) is 0 Å². The minimum absolute atomic E-state index is 0.588. The van der Waals surface area contributed by atoms with E-state index in [2.05, 4.69) is 27.3 Å². The first-order valence-corrected chi connectivity index (χ1v) is 8.81. The Labute approximate surface area is 154 Å². The Kier molecular flexibility index (Phi) is 6.22. The second-order valence-corrected chi connectivity index (χ2v) is 6.14. The molecule has 0 aliphatic carbocycles. The van der Waals surface area contributed by atoms with E-state index in [9.17, 15) is 0 Å². The Morgan fingerprint density at radius 1 is 1.27 bits per heavy atom. The summed E-state index contributed by atoms with van der Waals surface area (Å²) in [5.74, 6) is 1.72. The van der Waals surface area contributed by atoms with E-state index >= 15 is 0 Å². The van der Waals surface area contributed by atoms with E-state index in [0.29, 0.717) is 19.7 Å². The van der Waals surface area contributed by atoms with Crippen molar-refractivity contribution in [2.45, 2.75) is 13.0 Å². The molecule has 2 heterocycles. The molecule has 6 nitrogen and oxygen atoms in total. The summed E-state index contributed by atoms with van der Waals surface area (Å²) in [5, 5.41) is 3.41. The number of guanidine groups is 1. The van der Waals surface area contributed by atoms with E-state index in [-0.39, 0.29) is 0 Å². The van der Waals surface area contributed by atoms with E-state index in [1.54, 1.807) is 12.4 Å². The maximum Gasteiger partial charge on any atom is 0.198 e. The van der Waals surface area contributed by atoms with Crippen molar-refractivity contribution in [3.05, 3.63) is 66.0 Å². The number of benzene rings is 1. The van der Waals surface area contributed by atoms with Gasteiger partial charge in [0, 0.05) is 37.2 Å². The van der Waals surface area contributed by atoms with E-state index in [1.807, 2.05) is 37.4 Å². The van der Waals surface area contributed by atoms with Crippen LogP contribution in [0.25, 0.3) is 5.70 Å². The fraction of sp³-hybridized carbons (Fsp3) is 0.300. The summed E-state index contributed by atoms with van der Waals surface area (Å²) >= 11 is 0. The van der Waals surface area contributed by atoms with Crippen LogP contribution in [0.1, 0.15) is 17.5 Å². The first kappa shape index (κ1) is 17.9. The van der Waals surface area contributed by atoms with Crippen molar-refractivity contribution < 1.29 is 4.74 Å². The Morgan fingerprint density at radius 3 is 2.92 bits per heavy atom. The third-order valence-electron chi connectivity index (χ3n) is 4.10. The minimum atomic E-state index is 0.588. The summed E-state index contributed by atoms with van der Waals surface area (Å²) in [4.78, 5) is 10.9. The SMILES string of the molecule is CN1CC=C(c2ccncc2)NC1=NCc1cccc(OCCCN)c1. The van der Waals surface area contributed by atoms with Gasteiger partial charge < -0.3 is 20.7 Å². The molecule has 26 heavy (non-hydrogen) atoms. The summed E-state index contributed by atoms with van der Waals surface area (Å²) in [7, 11) is 2.03. The van der Waals surface area contributed by atoms with Gasteiger partial charge in [-0.25, -0.2) is 4.99 Å². The summed E-state index contributed by atoms with van der Waals surface area (Å²) < 4.78 is 5.71. The monoisotopic (exact) mass is 351 g/mol. The largest absolute Gasteiger partial charge is 0.494 e. The number of nitrogens with zero attached hydrogens (tertiary/aromatic N) is 3. The van der Waals surface area contributed by atoms with Crippen LogP contribution >= 0.6 is 0 Å². The Balaban J connectivity index is 1.66. The molecule has 3 N–H and O–H groups in total. The first-order chi connectivity index (χ1) is 12.8. The molecule has 0 saturated carbocycles. The van der Waals surface area contributed by atoms with Gasteiger partial charge in [0.25, 0.3) is 0 Å². The summed E-state index contributed by atoms with van der Waals surface area (Å²) in [5.41, 5.74) is 8.78. The van der Waals surface area contributed by atoms with Gasteiger partial charge in [0.2, 0.25) is 0 Å². The molecule has 0 fully saturated rings. The van der Waals surface area contributed by atoms with Crippen molar-refractivity contribution in [3.8, 4) is 5.75 Å². The van der Waals surface area contributed by atoms with Crippen LogP contribution in [0.4, 0.5) is 0 Å². The number of ether oxygens (including phenoxy) is 1. The molecule has 0 saturated heterocycles. The van der Waals surface area contributed by atoms with Crippen molar-refractivity contribution >= 4 is 11.7 Å². The van der Waals surface area contributed by atoms with Gasteiger partial charge >= 0.3 is 0 Å². The molecule has 136 valence electrons. The Bertz CT molecular complexity index is 773. The Hall–Kier alpha value is -2.86. The van der Waals surface area contributed by atoms with Gasteiger partial charge in [0.15, 0.2) is 5.96 Å². The number of nitrogens with two attached hydrogens (primary N) is 1. The number of aliphatic imine (C=N–C) groups is 1. The average Bonchev–Trinajstić information content (AvgIpc) is 2.69. The van der Waals surface area contributed by atoms with Crippen molar-refractivity contribution in [1.29, 1.82) is 0 Å². The number of likely N-dealkylation sites (N-methyl/N-ethyl adjacent to an activating group) is 1. The van der Waals surface area contributed by atoms with Crippen LogP contribution in [-0.2, 0) is 6.54 Å². The maximum absolute atomic E-state index is 5.71. The second-order valence-electron chi connectivity index (χ2n) is 6.14. The molecule has 1 aromatic carbocycles. The van der Waals surface area contributed by atoms with E-state index < -0.39 is 0 Å². The molecule has 1 aliphatic rings. The van der Waals surface area contributed by atoms with Gasteiger partial charge in [-0.3, -0.25) is 4.98 Å². The van der Waals surface area contributed by atoms with Crippen LogP contribution in [0.15, 0.2) is 59.9 Å². The fourth-order valence-corrected chi connectivity index (χ4v) is 2.64.